The van der Waals surface area contributed by atoms with Crippen molar-refractivity contribution in [2.75, 3.05) is 18.1 Å². The van der Waals surface area contributed by atoms with Gasteiger partial charge >= 0.3 is 0 Å². The summed E-state index contributed by atoms with van der Waals surface area (Å²) in [6, 6.07) is 0.667. The van der Waals surface area contributed by atoms with Gasteiger partial charge in [0.25, 0.3) is 0 Å². The van der Waals surface area contributed by atoms with Gasteiger partial charge in [-0.1, -0.05) is 12.8 Å². The summed E-state index contributed by atoms with van der Waals surface area (Å²) in [5.74, 6) is 2.58. The lowest BCUT2D eigenvalue weighted by molar-refractivity contribution is 0.0445. The molecule has 2 N–H and O–H groups in total. The third kappa shape index (κ3) is 2.88. The lowest BCUT2D eigenvalue weighted by Gasteiger charge is -2.28. The number of aliphatic hydroxyl groups is 1. The molecular weight excluding hydrogens is 194 g/mol. The molecule has 2 rings (SSSR count). The average molecular weight is 215 g/mol. The molecule has 1 heterocycles. The lowest BCUT2D eigenvalue weighted by Crippen LogP contribution is -2.43. The molecule has 0 aromatic carbocycles. The van der Waals surface area contributed by atoms with Crippen LogP contribution in [0.5, 0.6) is 0 Å². The number of nitrogens with one attached hydrogen (secondary N) is 1. The van der Waals surface area contributed by atoms with E-state index in [-0.39, 0.29) is 5.60 Å². The predicted octanol–water partition coefficient (Wildman–Crippen LogP) is 1.78. The van der Waals surface area contributed by atoms with Crippen molar-refractivity contribution in [1.29, 1.82) is 0 Å². The Balaban J connectivity index is 1.70. The fourth-order valence-electron chi connectivity index (χ4n) is 2.45. The fraction of sp³-hybridized carbons (Fsp3) is 1.00. The summed E-state index contributed by atoms with van der Waals surface area (Å²) in [5, 5.41) is 13.7. The van der Waals surface area contributed by atoms with Crippen LogP contribution in [0.2, 0.25) is 0 Å². The first-order valence-electron chi connectivity index (χ1n) is 5.82. The number of hydrogen-bond donors (Lipinski definition) is 2. The molecule has 0 atom stereocenters. The van der Waals surface area contributed by atoms with Gasteiger partial charge in [-0.2, -0.15) is 11.8 Å². The zero-order valence-electron chi connectivity index (χ0n) is 8.80. The molecule has 0 radical (unpaired) electrons. The van der Waals surface area contributed by atoms with E-state index in [1.54, 1.807) is 0 Å². The highest BCUT2D eigenvalue weighted by Crippen LogP contribution is 2.29. The second-order valence-electron chi connectivity index (χ2n) is 4.70. The van der Waals surface area contributed by atoms with E-state index in [0.29, 0.717) is 6.04 Å². The lowest BCUT2D eigenvalue weighted by atomic mass is 10.0. The normalized spacial score (nSPS) is 28.1. The minimum atomic E-state index is -0.370. The van der Waals surface area contributed by atoms with Crippen molar-refractivity contribution in [2.45, 2.75) is 50.2 Å². The first-order chi connectivity index (χ1) is 6.79. The summed E-state index contributed by atoms with van der Waals surface area (Å²) in [7, 11) is 0. The van der Waals surface area contributed by atoms with E-state index in [2.05, 4.69) is 17.1 Å². The second-order valence-corrected chi connectivity index (χ2v) is 5.92. The van der Waals surface area contributed by atoms with Crippen LogP contribution in [0.3, 0.4) is 0 Å². The van der Waals surface area contributed by atoms with E-state index in [0.717, 1.165) is 19.4 Å². The molecule has 82 valence electrons. The molecule has 2 aliphatic rings. The Morgan fingerprint density at radius 2 is 1.86 bits per heavy atom. The molecule has 0 aromatic rings. The number of rotatable bonds is 3. The minimum Gasteiger partial charge on any atom is -0.389 e. The maximum absolute atomic E-state index is 10.2. The van der Waals surface area contributed by atoms with Crippen molar-refractivity contribution >= 4 is 11.8 Å². The Hall–Kier alpha value is 0.270. The zero-order chi connectivity index (χ0) is 9.86. The van der Waals surface area contributed by atoms with Crippen molar-refractivity contribution in [3.05, 3.63) is 0 Å². The van der Waals surface area contributed by atoms with Crippen LogP contribution < -0.4 is 5.32 Å². The van der Waals surface area contributed by atoms with Gasteiger partial charge in [-0.3, -0.25) is 0 Å². The van der Waals surface area contributed by atoms with Crippen molar-refractivity contribution < 1.29 is 5.11 Å². The second kappa shape index (κ2) is 4.86. The van der Waals surface area contributed by atoms with Gasteiger partial charge in [-0.15, -0.1) is 0 Å². The third-order valence-electron chi connectivity index (χ3n) is 3.48. The van der Waals surface area contributed by atoms with Crippen molar-refractivity contribution in [3.8, 4) is 0 Å². The molecule has 2 nitrogen and oxygen atoms in total. The molecule has 1 aliphatic heterocycles. The topological polar surface area (TPSA) is 32.3 Å². The molecule has 0 spiro atoms. The molecule has 14 heavy (non-hydrogen) atoms. The molecule has 0 amide bonds. The summed E-state index contributed by atoms with van der Waals surface area (Å²) < 4.78 is 0. The molecule has 3 heteroatoms. The Kier molecular flexibility index (Phi) is 3.74. The zero-order valence-corrected chi connectivity index (χ0v) is 9.61. The Morgan fingerprint density at radius 3 is 2.50 bits per heavy atom. The highest BCUT2D eigenvalue weighted by molar-refractivity contribution is 7.99. The van der Waals surface area contributed by atoms with Crippen LogP contribution in [-0.4, -0.2) is 34.8 Å². The van der Waals surface area contributed by atoms with Crippen LogP contribution in [0, 0.1) is 0 Å². The Labute approximate surface area is 90.8 Å². The van der Waals surface area contributed by atoms with Crippen LogP contribution in [0.15, 0.2) is 0 Å². The third-order valence-corrected chi connectivity index (χ3v) is 4.52. The maximum Gasteiger partial charge on any atom is 0.0771 e. The summed E-state index contributed by atoms with van der Waals surface area (Å²) in [6.45, 7) is 0.822. The van der Waals surface area contributed by atoms with E-state index in [1.807, 2.05) is 0 Å². The number of hydrogen-bond acceptors (Lipinski definition) is 3. The molecular formula is C11H21NOS. The smallest absolute Gasteiger partial charge is 0.0771 e. The molecule has 1 saturated carbocycles. The molecule has 2 fully saturated rings. The SMILES string of the molecule is OC1(CNC2CCSCC2)CCCC1. The van der Waals surface area contributed by atoms with E-state index in [1.165, 1.54) is 37.2 Å². The van der Waals surface area contributed by atoms with E-state index in [4.69, 9.17) is 0 Å². The summed E-state index contributed by atoms with van der Waals surface area (Å²) in [6.07, 6.45) is 6.97. The molecule has 0 unspecified atom stereocenters. The van der Waals surface area contributed by atoms with Crippen molar-refractivity contribution in [3.63, 3.8) is 0 Å². The molecule has 0 aromatic heterocycles. The maximum atomic E-state index is 10.2. The predicted molar refractivity (Wildman–Crippen MR) is 61.8 cm³/mol. The summed E-state index contributed by atoms with van der Waals surface area (Å²) in [5.41, 5.74) is -0.370. The largest absolute Gasteiger partial charge is 0.389 e. The minimum absolute atomic E-state index is 0.370. The van der Waals surface area contributed by atoms with E-state index >= 15 is 0 Å². The fourth-order valence-corrected chi connectivity index (χ4v) is 3.55. The van der Waals surface area contributed by atoms with Crippen LogP contribution in [-0.2, 0) is 0 Å². The summed E-state index contributed by atoms with van der Waals surface area (Å²) in [4.78, 5) is 0. The van der Waals surface area contributed by atoms with Crippen LogP contribution in [0.1, 0.15) is 38.5 Å². The van der Waals surface area contributed by atoms with Crippen LogP contribution >= 0.6 is 11.8 Å². The highest BCUT2D eigenvalue weighted by atomic mass is 32.2. The Morgan fingerprint density at radius 1 is 1.21 bits per heavy atom. The quantitative estimate of drug-likeness (QED) is 0.752. The van der Waals surface area contributed by atoms with Crippen LogP contribution in [0.4, 0.5) is 0 Å². The van der Waals surface area contributed by atoms with E-state index in [9.17, 15) is 5.11 Å². The molecule has 1 saturated heterocycles. The first kappa shape index (κ1) is 10.8. The van der Waals surface area contributed by atoms with Gasteiger partial charge in [-0.25, -0.2) is 0 Å². The van der Waals surface area contributed by atoms with Gasteiger partial charge in [0.1, 0.15) is 0 Å². The highest BCUT2D eigenvalue weighted by Gasteiger charge is 2.31. The molecule has 1 aliphatic carbocycles. The Bertz CT molecular complexity index is 174. The van der Waals surface area contributed by atoms with Gasteiger partial charge in [-0.05, 0) is 37.2 Å². The van der Waals surface area contributed by atoms with Crippen molar-refractivity contribution in [2.24, 2.45) is 0 Å². The van der Waals surface area contributed by atoms with Gasteiger partial charge in [0, 0.05) is 12.6 Å². The van der Waals surface area contributed by atoms with Crippen LogP contribution in [0.25, 0.3) is 0 Å². The van der Waals surface area contributed by atoms with Gasteiger partial charge < -0.3 is 10.4 Å². The average Bonchev–Trinajstić information content (AvgIpc) is 2.65. The standard InChI is InChI=1S/C11H21NOS/c13-11(5-1-2-6-11)9-12-10-3-7-14-8-4-10/h10,12-13H,1-9H2. The van der Waals surface area contributed by atoms with Gasteiger partial charge in [0.05, 0.1) is 5.60 Å². The monoisotopic (exact) mass is 215 g/mol. The van der Waals surface area contributed by atoms with Gasteiger partial charge in [0.2, 0.25) is 0 Å². The first-order valence-corrected chi connectivity index (χ1v) is 6.98. The van der Waals surface area contributed by atoms with Crippen molar-refractivity contribution in [1.82, 2.24) is 5.32 Å². The summed E-state index contributed by atoms with van der Waals surface area (Å²) >= 11 is 2.05. The van der Waals surface area contributed by atoms with Gasteiger partial charge in [0.15, 0.2) is 0 Å². The number of thioether (sulfide) groups is 1. The van der Waals surface area contributed by atoms with E-state index < -0.39 is 0 Å². The molecule has 0 bridgehead atoms.